The molecule has 0 radical (unpaired) electrons. The number of carbonyl (C=O) groups excluding carboxylic acids is 1. The van der Waals surface area contributed by atoms with Gasteiger partial charge in [0.25, 0.3) is 5.91 Å². The Labute approximate surface area is 100 Å². The van der Waals surface area contributed by atoms with Crippen molar-refractivity contribution in [3.63, 3.8) is 0 Å². The predicted molar refractivity (Wildman–Crippen MR) is 55.6 cm³/mol. The highest BCUT2D eigenvalue weighted by atomic mass is 35.5. The molecule has 0 spiro atoms. The van der Waals surface area contributed by atoms with Gasteiger partial charge in [-0.2, -0.15) is 4.39 Å². The zero-order valence-corrected chi connectivity index (χ0v) is 9.49. The molecular weight excluding hydrogens is 259 g/mol. The van der Waals surface area contributed by atoms with Gasteiger partial charge in [-0.1, -0.05) is 0 Å². The average molecular weight is 268 g/mol. The number of carbonyl (C=O) groups is 1. The molecule has 1 unspecified atom stereocenters. The number of aromatic hydroxyl groups is 1. The second-order valence-electron chi connectivity index (χ2n) is 3.41. The van der Waals surface area contributed by atoms with E-state index in [1.807, 2.05) is 0 Å². The summed E-state index contributed by atoms with van der Waals surface area (Å²) >= 11 is 5.42. The van der Waals surface area contributed by atoms with Crippen molar-refractivity contribution >= 4 is 17.5 Å². The maximum Gasteiger partial charge on any atom is 0.254 e. The van der Waals surface area contributed by atoms with Crippen LogP contribution in [-0.2, 0) is 0 Å². The van der Waals surface area contributed by atoms with Gasteiger partial charge in [-0.15, -0.1) is 11.6 Å². The Morgan fingerprint density at radius 2 is 2.06 bits per heavy atom. The van der Waals surface area contributed by atoms with Gasteiger partial charge in [0.1, 0.15) is 0 Å². The van der Waals surface area contributed by atoms with Crippen molar-refractivity contribution in [2.45, 2.75) is 13.0 Å². The van der Waals surface area contributed by atoms with Crippen LogP contribution in [0.2, 0.25) is 0 Å². The summed E-state index contributed by atoms with van der Waals surface area (Å²) in [7, 11) is 0. The summed E-state index contributed by atoms with van der Waals surface area (Å²) in [4.78, 5) is 11.4. The van der Waals surface area contributed by atoms with E-state index in [0.717, 1.165) is 0 Å². The van der Waals surface area contributed by atoms with Crippen molar-refractivity contribution in [2.75, 3.05) is 5.88 Å². The first kappa shape index (κ1) is 13.6. The Hall–Kier alpha value is -1.43. The van der Waals surface area contributed by atoms with E-state index in [-0.39, 0.29) is 5.88 Å². The standard InChI is InChI=1S/C10H9ClF3NO2/c1-4(3-11)15-10(17)5-2-6(12)8(14)9(16)7(5)13/h2,4,16H,3H2,1H3,(H,15,17). The maximum absolute atomic E-state index is 13.3. The minimum atomic E-state index is -1.73. The molecule has 0 saturated heterocycles. The van der Waals surface area contributed by atoms with Crippen LogP contribution in [0.5, 0.6) is 5.75 Å². The second kappa shape index (κ2) is 5.27. The van der Waals surface area contributed by atoms with E-state index >= 15 is 0 Å². The first-order chi connectivity index (χ1) is 7.88. The first-order valence-corrected chi connectivity index (χ1v) is 5.15. The van der Waals surface area contributed by atoms with E-state index in [0.29, 0.717) is 6.07 Å². The van der Waals surface area contributed by atoms with Crippen molar-refractivity contribution in [1.82, 2.24) is 5.32 Å². The third kappa shape index (κ3) is 2.82. The lowest BCUT2D eigenvalue weighted by Gasteiger charge is -2.11. The van der Waals surface area contributed by atoms with Gasteiger partial charge in [0.05, 0.1) is 5.56 Å². The highest BCUT2D eigenvalue weighted by Gasteiger charge is 2.22. The molecule has 2 N–H and O–H groups in total. The van der Waals surface area contributed by atoms with Crippen LogP contribution in [0.3, 0.4) is 0 Å². The number of phenolic OH excluding ortho intramolecular Hbond substituents is 1. The zero-order chi connectivity index (χ0) is 13.2. The van der Waals surface area contributed by atoms with Crippen molar-refractivity contribution < 1.29 is 23.1 Å². The molecule has 17 heavy (non-hydrogen) atoms. The van der Waals surface area contributed by atoms with Gasteiger partial charge in [-0.05, 0) is 13.0 Å². The van der Waals surface area contributed by atoms with Crippen LogP contribution in [0.25, 0.3) is 0 Å². The number of hydrogen-bond donors (Lipinski definition) is 2. The average Bonchev–Trinajstić information content (AvgIpc) is 2.30. The highest BCUT2D eigenvalue weighted by molar-refractivity contribution is 6.18. The number of amides is 1. The Morgan fingerprint density at radius 1 is 1.47 bits per heavy atom. The molecule has 0 aromatic heterocycles. The lowest BCUT2D eigenvalue weighted by atomic mass is 10.1. The minimum Gasteiger partial charge on any atom is -0.503 e. The fourth-order valence-electron chi connectivity index (χ4n) is 1.10. The number of halogens is 4. The summed E-state index contributed by atoms with van der Waals surface area (Å²) in [6, 6.07) is -0.0976. The van der Waals surface area contributed by atoms with Gasteiger partial charge in [-0.3, -0.25) is 4.79 Å². The smallest absolute Gasteiger partial charge is 0.254 e. The van der Waals surface area contributed by atoms with Gasteiger partial charge in [0.2, 0.25) is 5.82 Å². The monoisotopic (exact) mass is 267 g/mol. The van der Waals surface area contributed by atoms with Crippen molar-refractivity contribution in [3.8, 4) is 5.75 Å². The van der Waals surface area contributed by atoms with E-state index in [4.69, 9.17) is 16.7 Å². The molecule has 1 aromatic carbocycles. The highest BCUT2D eigenvalue weighted by Crippen LogP contribution is 2.25. The van der Waals surface area contributed by atoms with Crippen LogP contribution in [-0.4, -0.2) is 22.9 Å². The molecule has 0 saturated carbocycles. The Kier molecular flexibility index (Phi) is 4.22. The largest absolute Gasteiger partial charge is 0.503 e. The molecule has 1 amide bonds. The van der Waals surface area contributed by atoms with Crippen LogP contribution >= 0.6 is 11.6 Å². The fourth-order valence-corrected chi connectivity index (χ4v) is 1.17. The molecule has 7 heteroatoms. The molecule has 1 rings (SSSR count). The lowest BCUT2D eigenvalue weighted by Crippen LogP contribution is -2.34. The summed E-state index contributed by atoms with van der Waals surface area (Å²) in [5.74, 6) is -7.18. The molecule has 94 valence electrons. The summed E-state index contributed by atoms with van der Waals surface area (Å²) in [5, 5.41) is 11.2. The van der Waals surface area contributed by atoms with Crippen molar-refractivity contribution in [1.29, 1.82) is 0 Å². The van der Waals surface area contributed by atoms with Crippen LogP contribution in [0.1, 0.15) is 17.3 Å². The first-order valence-electron chi connectivity index (χ1n) is 4.61. The number of hydrogen-bond acceptors (Lipinski definition) is 2. The molecule has 3 nitrogen and oxygen atoms in total. The molecule has 0 aliphatic carbocycles. The quantitative estimate of drug-likeness (QED) is 0.651. The van der Waals surface area contributed by atoms with Gasteiger partial charge < -0.3 is 10.4 Å². The normalized spacial score (nSPS) is 12.3. The Balaban J connectivity index is 3.11. The molecule has 1 atom stereocenters. The van der Waals surface area contributed by atoms with Crippen LogP contribution in [0, 0.1) is 17.5 Å². The summed E-state index contributed by atoms with van der Waals surface area (Å²) < 4.78 is 38.9. The van der Waals surface area contributed by atoms with Crippen LogP contribution < -0.4 is 5.32 Å². The number of nitrogens with one attached hydrogen (secondary N) is 1. The summed E-state index contributed by atoms with van der Waals surface area (Å²) in [6.45, 7) is 1.54. The number of alkyl halides is 1. The number of rotatable bonds is 3. The lowest BCUT2D eigenvalue weighted by molar-refractivity contribution is 0.0937. The van der Waals surface area contributed by atoms with Crippen LogP contribution in [0.4, 0.5) is 13.2 Å². The molecular formula is C10H9ClF3NO2. The fraction of sp³-hybridized carbons (Fsp3) is 0.300. The summed E-state index contributed by atoms with van der Waals surface area (Å²) in [5.41, 5.74) is -0.779. The molecule has 1 aromatic rings. The minimum absolute atomic E-state index is 0.0724. The Morgan fingerprint density at radius 3 is 2.59 bits per heavy atom. The third-order valence-corrected chi connectivity index (χ3v) is 2.45. The molecule has 0 bridgehead atoms. The SMILES string of the molecule is CC(CCl)NC(=O)c1cc(F)c(F)c(O)c1F. The van der Waals surface area contributed by atoms with Gasteiger partial charge >= 0.3 is 0 Å². The number of phenols is 1. The van der Waals surface area contributed by atoms with Crippen molar-refractivity contribution in [2.24, 2.45) is 0 Å². The van der Waals surface area contributed by atoms with Gasteiger partial charge in [0, 0.05) is 11.9 Å². The van der Waals surface area contributed by atoms with Gasteiger partial charge in [-0.25, -0.2) is 8.78 Å². The molecule has 0 fully saturated rings. The van der Waals surface area contributed by atoms with Crippen LogP contribution in [0.15, 0.2) is 6.07 Å². The molecule has 0 aliphatic heterocycles. The van der Waals surface area contributed by atoms with E-state index in [2.05, 4.69) is 5.32 Å². The predicted octanol–water partition coefficient (Wildman–Crippen LogP) is 2.17. The van der Waals surface area contributed by atoms with E-state index in [1.165, 1.54) is 0 Å². The topological polar surface area (TPSA) is 49.3 Å². The molecule has 0 heterocycles. The third-order valence-electron chi connectivity index (χ3n) is 1.99. The Bertz CT molecular complexity index is 454. The number of benzene rings is 1. The summed E-state index contributed by atoms with van der Waals surface area (Å²) in [6.07, 6.45) is 0. The van der Waals surface area contributed by atoms with Gasteiger partial charge in [0.15, 0.2) is 17.4 Å². The van der Waals surface area contributed by atoms with E-state index in [1.54, 1.807) is 6.92 Å². The van der Waals surface area contributed by atoms with E-state index in [9.17, 15) is 18.0 Å². The second-order valence-corrected chi connectivity index (χ2v) is 3.72. The van der Waals surface area contributed by atoms with E-state index < -0.39 is 40.7 Å². The van der Waals surface area contributed by atoms with Crippen molar-refractivity contribution in [3.05, 3.63) is 29.1 Å². The zero-order valence-electron chi connectivity index (χ0n) is 8.73. The molecule has 0 aliphatic rings. The maximum atomic E-state index is 13.3.